The zero-order chi connectivity index (χ0) is 10.3. The highest BCUT2D eigenvalue weighted by molar-refractivity contribution is 5.16. The molecule has 0 aliphatic heterocycles. The van der Waals surface area contributed by atoms with Crippen molar-refractivity contribution in [1.29, 1.82) is 0 Å². The largest absolute Gasteiger partial charge is 0.319 e. The second-order valence-corrected chi connectivity index (χ2v) is 4.84. The van der Waals surface area contributed by atoms with Crippen molar-refractivity contribution in [3.8, 4) is 0 Å². The van der Waals surface area contributed by atoms with Gasteiger partial charge in [-0.3, -0.25) is 0 Å². The zero-order valence-corrected chi connectivity index (χ0v) is 8.82. The monoisotopic (exact) mass is 204 g/mol. The first-order valence-electron chi connectivity index (χ1n) is 5.77. The Balaban J connectivity index is 1.89. The quantitative estimate of drug-likeness (QED) is 0.792. The van der Waals surface area contributed by atoms with Crippen molar-refractivity contribution in [2.75, 3.05) is 0 Å². The Morgan fingerprint density at radius 3 is 2.67 bits per heavy atom. The third-order valence-corrected chi connectivity index (χ3v) is 3.58. The van der Waals surface area contributed by atoms with Gasteiger partial charge in [0.05, 0.1) is 17.4 Å². The van der Waals surface area contributed by atoms with E-state index in [1.807, 2.05) is 6.20 Å². The molecule has 1 aromatic heterocycles. The Kier molecular flexibility index (Phi) is 1.99. The van der Waals surface area contributed by atoms with Crippen LogP contribution < -0.4 is 5.73 Å². The molecule has 2 fully saturated rings. The third kappa shape index (κ3) is 1.63. The molecule has 4 heteroatoms. The van der Waals surface area contributed by atoms with Gasteiger partial charge < -0.3 is 5.73 Å². The number of hydrogen-bond acceptors (Lipinski definition) is 4. The molecule has 0 unspecified atom stereocenters. The van der Waals surface area contributed by atoms with Crippen LogP contribution in [0.1, 0.15) is 56.0 Å². The van der Waals surface area contributed by atoms with Gasteiger partial charge in [-0.25, -0.2) is 4.98 Å². The van der Waals surface area contributed by atoms with Gasteiger partial charge in [0.25, 0.3) is 0 Å². The summed E-state index contributed by atoms with van der Waals surface area (Å²) in [4.78, 5) is 4.59. The highest BCUT2D eigenvalue weighted by atomic mass is 15.2. The Bertz CT molecular complexity index is 367. The first-order chi connectivity index (χ1) is 7.28. The molecule has 0 aromatic carbocycles. The second kappa shape index (κ2) is 3.23. The maximum absolute atomic E-state index is 6.07. The molecule has 15 heavy (non-hydrogen) atoms. The van der Waals surface area contributed by atoms with E-state index < -0.39 is 0 Å². The summed E-state index contributed by atoms with van der Waals surface area (Å²) in [5.74, 6) is 1.36. The first kappa shape index (κ1) is 9.21. The van der Waals surface area contributed by atoms with Crippen molar-refractivity contribution in [3.05, 3.63) is 17.7 Å². The van der Waals surface area contributed by atoms with Crippen LogP contribution in [-0.4, -0.2) is 15.2 Å². The first-order valence-corrected chi connectivity index (χ1v) is 5.77. The third-order valence-electron chi connectivity index (χ3n) is 3.58. The van der Waals surface area contributed by atoms with Crippen LogP contribution in [0.25, 0.3) is 0 Å². The van der Waals surface area contributed by atoms with Crippen molar-refractivity contribution in [2.24, 2.45) is 5.73 Å². The van der Waals surface area contributed by atoms with Crippen LogP contribution in [0.2, 0.25) is 0 Å². The van der Waals surface area contributed by atoms with Gasteiger partial charge in [-0.15, -0.1) is 5.10 Å². The van der Waals surface area contributed by atoms with Crippen LogP contribution in [0.5, 0.6) is 0 Å². The number of rotatable bonds is 2. The number of nitrogens with two attached hydrogens (primary N) is 1. The van der Waals surface area contributed by atoms with E-state index in [4.69, 9.17) is 5.73 Å². The Labute approximate surface area is 89.3 Å². The molecule has 80 valence electrons. The van der Waals surface area contributed by atoms with E-state index in [2.05, 4.69) is 15.2 Å². The summed E-state index contributed by atoms with van der Waals surface area (Å²) in [6.07, 6.45) is 8.94. The van der Waals surface area contributed by atoms with Crippen LogP contribution in [0.15, 0.2) is 6.20 Å². The van der Waals surface area contributed by atoms with E-state index >= 15 is 0 Å². The lowest BCUT2D eigenvalue weighted by Gasteiger charge is -2.11. The van der Waals surface area contributed by atoms with Gasteiger partial charge in [0.2, 0.25) is 0 Å². The fraction of sp³-hybridized carbons (Fsp3) is 0.727. The average molecular weight is 204 g/mol. The lowest BCUT2D eigenvalue weighted by Crippen LogP contribution is -2.23. The molecule has 0 radical (unpaired) electrons. The maximum Gasteiger partial charge on any atom is 0.171 e. The summed E-state index contributed by atoms with van der Waals surface area (Å²) in [6, 6.07) is 0. The standard InChI is InChI=1S/C11H16N4/c12-11(5-6-11)10-14-9(7-13-15-10)8-3-1-2-4-8/h7-8H,1-6,12H2. The molecule has 0 spiro atoms. The minimum absolute atomic E-state index is 0.248. The van der Waals surface area contributed by atoms with Crippen molar-refractivity contribution in [3.63, 3.8) is 0 Å². The number of hydrogen-bond donors (Lipinski definition) is 1. The normalized spacial score (nSPS) is 24.3. The summed E-state index contributed by atoms with van der Waals surface area (Å²) in [5.41, 5.74) is 6.93. The van der Waals surface area contributed by atoms with E-state index in [1.54, 1.807) is 0 Å². The Hall–Kier alpha value is -1.03. The summed E-state index contributed by atoms with van der Waals surface area (Å²) in [5, 5.41) is 8.10. The van der Waals surface area contributed by atoms with Crippen molar-refractivity contribution in [2.45, 2.75) is 50.0 Å². The zero-order valence-electron chi connectivity index (χ0n) is 8.82. The van der Waals surface area contributed by atoms with E-state index in [0.717, 1.165) is 24.4 Å². The van der Waals surface area contributed by atoms with Crippen molar-refractivity contribution < 1.29 is 0 Å². The Morgan fingerprint density at radius 2 is 2.00 bits per heavy atom. The molecule has 0 amide bonds. The van der Waals surface area contributed by atoms with Gasteiger partial charge in [-0.05, 0) is 25.7 Å². The number of nitrogens with zero attached hydrogens (tertiary/aromatic N) is 3. The van der Waals surface area contributed by atoms with E-state index in [0.29, 0.717) is 5.92 Å². The molecule has 2 saturated carbocycles. The second-order valence-electron chi connectivity index (χ2n) is 4.84. The summed E-state index contributed by atoms with van der Waals surface area (Å²) in [7, 11) is 0. The fourth-order valence-corrected chi connectivity index (χ4v) is 2.30. The molecule has 1 aromatic rings. The van der Waals surface area contributed by atoms with Gasteiger partial charge in [0, 0.05) is 5.92 Å². The predicted molar refractivity (Wildman–Crippen MR) is 56.1 cm³/mol. The lowest BCUT2D eigenvalue weighted by molar-refractivity contribution is 0.609. The molecule has 2 aliphatic carbocycles. The molecular weight excluding hydrogens is 188 g/mol. The molecule has 2 aliphatic rings. The molecule has 3 rings (SSSR count). The van der Waals surface area contributed by atoms with E-state index in [1.165, 1.54) is 25.7 Å². The maximum atomic E-state index is 6.07. The summed E-state index contributed by atoms with van der Waals surface area (Å²) in [6.45, 7) is 0. The van der Waals surface area contributed by atoms with Crippen molar-refractivity contribution >= 4 is 0 Å². The minimum Gasteiger partial charge on any atom is -0.319 e. The Morgan fingerprint density at radius 1 is 1.27 bits per heavy atom. The number of aromatic nitrogens is 3. The average Bonchev–Trinajstić information content (AvgIpc) is 2.84. The van der Waals surface area contributed by atoms with Gasteiger partial charge in [0.1, 0.15) is 0 Å². The van der Waals surface area contributed by atoms with Crippen LogP contribution >= 0.6 is 0 Å². The highest BCUT2D eigenvalue weighted by Crippen LogP contribution is 2.41. The SMILES string of the molecule is NC1(c2nncc(C3CCCC3)n2)CC1. The van der Waals surface area contributed by atoms with Crippen LogP contribution in [-0.2, 0) is 5.54 Å². The summed E-state index contributed by atoms with van der Waals surface area (Å²) >= 11 is 0. The van der Waals surface area contributed by atoms with E-state index in [9.17, 15) is 0 Å². The molecule has 0 saturated heterocycles. The minimum atomic E-state index is -0.248. The highest BCUT2D eigenvalue weighted by Gasteiger charge is 2.43. The van der Waals surface area contributed by atoms with Crippen LogP contribution in [0.3, 0.4) is 0 Å². The van der Waals surface area contributed by atoms with Gasteiger partial charge in [-0.2, -0.15) is 5.10 Å². The molecule has 0 bridgehead atoms. The topological polar surface area (TPSA) is 64.7 Å². The van der Waals surface area contributed by atoms with E-state index in [-0.39, 0.29) is 5.54 Å². The van der Waals surface area contributed by atoms with Crippen LogP contribution in [0, 0.1) is 0 Å². The lowest BCUT2D eigenvalue weighted by atomic mass is 10.0. The van der Waals surface area contributed by atoms with Gasteiger partial charge >= 0.3 is 0 Å². The molecule has 0 atom stereocenters. The molecule has 4 nitrogen and oxygen atoms in total. The van der Waals surface area contributed by atoms with Crippen molar-refractivity contribution in [1.82, 2.24) is 15.2 Å². The molecular formula is C11H16N4. The predicted octanol–water partition coefficient (Wildman–Crippen LogP) is 1.48. The molecule has 1 heterocycles. The smallest absolute Gasteiger partial charge is 0.171 e. The fourth-order valence-electron chi connectivity index (χ4n) is 2.30. The van der Waals surface area contributed by atoms with Crippen LogP contribution in [0.4, 0.5) is 0 Å². The van der Waals surface area contributed by atoms with Gasteiger partial charge in [-0.1, -0.05) is 12.8 Å². The molecule has 2 N–H and O–H groups in total. The van der Waals surface area contributed by atoms with Gasteiger partial charge in [0.15, 0.2) is 5.82 Å². The summed E-state index contributed by atoms with van der Waals surface area (Å²) < 4.78 is 0.